The van der Waals surface area contributed by atoms with Crippen LogP contribution in [0.4, 0.5) is 0 Å². The van der Waals surface area contributed by atoms with Gasteiger partial charge >= 0.3 is 0 Å². The highest BCUT2D eigenvalue weighted by Gasteiger charge is 2.34. The fraction of sp³-hybridized carbons (Fsp3) is 0.706. The topological polar surface area (TPSA) is 12.9 Å². The Kier molecular flexibility index (Phi) is 6.35. The average Bonchev–Trinajstić information content (AvgIpc) is 2.49. The van der Waals surface area contributed by atoms with Gasteiger partial charge in [-0.15, -0.1) is 11.6 Å². The first kappa shape index (κ1) is 16.3. The van der Waals surface area contributed by atoms with Gasteiger partial charge in [0.15, 0.2) is 0 Å². The van der Waals surface area contributed by atoms with Crippen LogP contribution in [0.2, 0.25) is 0 Å². The molecule has 1 nitrogen and oxygen atoms in total. The number of alkyl halides is 1. The maximum Gasteiger partial charge on any atom is 0.0413 e. The van der Waals surface area contributed by atoms with Crippen molar-refractivity contribution in [3.63, 3.8) is 0 Å². The summed E-state index contributed by atoms with van der Waals surface area (Å²) in [5.41, 5.74) is 1.46. The van der Waals surface area contributed by atoms with Crippen molar-refractivity contribution in [3.8, 4) is 0 Å². The summed E-state index contributed by atoms with van der Waals surface area (Å²) in [5, 5.41) is 0. The molecule has 2 rings (SSSR count). The molecule has 0 spiro atoms. The van der Waals surface area contributed by atoms with Gasteiger partial charge in [0.2, 0.25) is 0 Å². The van der Waals surface area contributed by atoms with E-state index in [1.165, 1.54) is 50.6 Å². The van der Waals surface area contributed by atoms with E-state index in [1.54, 1.807) is 0 Å². The number of unbranched alkanes of at least 4 members (excludes halogenated alkanes) is 1. The molecule has 20 heavy (non-hydrogen) atoms. The van der Waals surface area contributed by atoms with E-state index in [-0.39, 0.29) is 5.41 Å². The molecule has 1 heterocycles. The minimum atomic E-state index is 0.283. The van der Waals surface area contributed by atoms with Gasteiger partial charge in [-0.25, -0.2) is 0 Å². The van der Waals surface area contributed by atoms with E-state index in [0.717, 1.165) is 22.7 Å². The molecule has 0 aromatic carbocycles. The third-order valence-electron chi connectivity index (χ3n) is 4.76. The van der Waals surface area contributed by atoms with Gasteiger partial charge in [-0.3, -0.25) is 4.98 Å². The molecule has 1 aromatic heterocycles. The lowest BCUT2D eigenvalue weighted by atomic mass is 9.68. The SMILES string of the molecule is CCCCC1CCC(CCl)(Cc2ccc(Br)cn2)CC1. The Bertz CT molecular complexity index is 396. The van der Waals surface area contributed by atoms with Crippen molar-refractivity contribution in [3.05, 3.63) is 28.5 Å². The van der Waals surface area contributed by atoms with Crippen LogP contribution >= 0.6 is 27.5 Å². The van der Waals surface area contributed by atoms with E-state index in [2.05, 4.69) is 40.0 Å². The summed E-state index contributed by atoms with van der Waals surface area (Å²) in [6.45, 7) is 2.28. The Labute approximate surface area is 136 Å². The van der Waals surface area contributed by atoms with Crippen molar-refractivity contribution < 1.29 is 0 Å². The molecule has 1 aliphatic rings. The van der Waals surface area contributed by atoms with E-state index in [9.17, 15) is 0 Å². The first-order chi connectivity index (χ1) is 9.67. The molecule has 112 valence electrons. The molecular formula is C17H25BrClN. The first-order valence-electron chi connectivity index (χ1n) is 7.84. The quantitative estimate of drug-likeness (QED) is 0.569. The zero-order valence-corrected chi connectivity index (χ0v) is 14.7. The Morgan fingerprint density at radius 3 is 2.65 bits per heavy atom. The molecular weight excluding hydrogens is 334 g/mol. The van der Waals surface area contributed by atoms with Crippen molar-refractivity contribution in [2.75, 3.05) is 5.88 Å². The highest BCUT2D eigenvalue weighted by molar-refractivity contribution is 9.10. The summed E-state index contributed by atoms with van der Waals surface area (Å²) in [5.74, 6) is 1.70. The summed E-state index contributed by atoms with van der Waals surface area (Å²) in [6.07, 6.45) is 12.3. The van der Waals surface area contributed by atoms with Gasteiger partial charge in [0, 0.05) is 22.2 Å². The minimum absolute atomic E-state index is 0.283. The molecule has 0 saturated heterocycles. The molecule has 1 aliphatic carbocycles. The molecule has 1 fully saturated rings. The van der Waals surface area contributed by atoms with Crippen LogP contribution in [0.15, 0.2) is 22.8 Å². The highest BCUT2D eigenvalue weighted by atomic mass is 79.9. The Hall–Kier alpha value is -0.0800. The smallest absolute Gasteiger partial charge is 0.0413 e. The van der Waals surface area contributed by atoms with E-state index < -0.39 is 0 Å². The number of aromatic nitrogens is 1. The largest absolute Gasteiger partial charge is 0.260 e. The lowest BCUT2D eigenvalue weighted by molar-refractivity contribution is 0.164. The summed E-state index contributed by atoms with van der Waals surface area (Å²) in [7, 11) is 0. The van der Waals surface area contributed by atoms with Crippen molar-refractivity contribution in [1.29, 1.82) is 0 Å². The standard InChI is InChI=1S/C17H25BrClN/c1-2-3-4-14-7-9-17(13-19,10-8-14)11-16-6-5-15(18)12-20-16/h5-6,12,14H,2-4,7-11,13H2,1H3. The van der Waals surface area contributed by atoms with E-state index >= 15 is 0 Å². The van der Waals surface area contributed by atoms with Gasteiger partial charge in [-0.05, 0) is 71.5 Å². The number of nitrogens with zero attached hydrogens (tertiary/aromatic N) is 1. The molecule has 0 N–H and O–H groups in total. The summed E-state index contributed by atoms with van der Waals surface area (Å²) in [6, 6.07) is 4.21. The highest BCUT2D eigenvalue weighted by Crippen LogP contribution is 2.43. The van der Waals surface area contributed by atoms with Crippen LogP contribution in [0.25, 0.3) is 0 Å². The monoisotopic (exact) mass is 357 g/mol. The molecule has 1 aromatic rings. The Morgan fingerprint density at radius 1 is 1.35 bits per heavy atom. The molecule has 0 unspecified atom stereocenters. The molecule has 0 aliphatic heterocycles. The van der Waals surface area contributed by atoms with Gasteiger partial charge in [0.25, 0.3) is 0 Å². The second-order valence-electron chi connectivity index (χ2n) is 6.36. The maximum absolute atomic E-state index is 6.33. The van der Waals surface area contributed by atoms with Gasteiger partial charge in [-0.2, -0.15) is 0 Å². The molecule has 0 amide bonds. The molecule has 0 atom stereocenters. The molecule has 1 saturated carbocycles. The maximum atomic E-state index is 6.33. The zero-order valence-electron chi connectivity index (χ0n) is 12.4. The number of rotatable bonds is 6. The summed E-state index contributed by atoms with van der Waals surface area (Å²) in [4.78, 5) is 4.53. The third-order valence-corrected chi connectivity index (χ3v) is 5.80. The van der Waals surface area contributed by atoms with Crippen LogP contribution in [0.5, 0.6) is 0 Å². The van der Waals surface area contributed by atoms with Gasteiger partial charge in [0.1, 0.15) is 0 Å². The van der Waals surface area contributed by atoms with Crippen LogP contribution in [0.3, 0.4) is 0 Å². The Balaban J connectivity index is 1.92. The van der Waals surface area contributed by atoms with Gasteiger partial charge < -0.3 is 0 Å². The Morgan fingerprint density at radius 2 is 2.10 bits per heavy atom. The second kappa shape index (κ2) is 7.79. The van der Waals surface area contributed by atoms with E-state index in [4.69, 9.17) is 11.6 Å². The van der Waals surface area contributed by atoms with Crippen LogP contribution in [0, 0.1) is 11.3 Å². The predicted octanol–water partition coefficient (Wildman–Crippen LogP) is 5.99. The first-order valence-corrected chi connectivity index (χ1v) is 9.16. The van der Waals surface area contributed by atoms with Gasteiger partial charge in [-0.1, -0.05) is 26.2 Å². The van der Waals surface area contributed by atoms with Crippen LogP contribution < -0.4 is 0 Å². The van der Waals surface area contributed by atoms with Crippen LogP contribution in [-0.4, -0.2) is 10.9 Å². The van der Waals surface area contributed by atoms with Crippen LogP contribution in [0.1, 0.15) is 57.6 Å². The number of hydrogen-bond donors (Lipinski definition) is 0. The molecule has 0 radical (unpaired) electrons. The normalized spacial score (nSPS) is 26.6. The number of pyridine rings is 1. The second-order valence-corrected chi connectivity index (χ2v) is 7.55. The van der Waals surface area contributed by atoms with Crippen molar-refractivity contribution in [1.82, 2.24) is 4.98 Å². The average molecular weight is 359 g/mol. The molecule has 0 bridgehead atoms. The third kappa shape index (κ3) is 4.46. The number of halogens is 2. The zero-order chi connectivity index (χ0) is 14.4. The van der Waals surface area contributed by atoms with Crippen molar-refractivity contribution in [2.45, 2.75) is 58.3 Å². The predicted molar refractivity (Wildman–Crippen MR) is 90.3 cm³/mol. The fourth-order valence-electron chi connectivity index (χ4n) is 3.32. The number of hydrogen-bond acceptors (Lipinski definition) is 1. The van der Waals surface area contributed by atoms with Gasteiger partial charge in [0.05, 0.1) is 0 Å². The van der Waals surface area contributed by atoms with E-state index in [1.807, 2.05) is 6.20 Å². The van der Waals surface area contributed by atoms with E-state index in [0.29, 0.717) is 0 Å². The summed E-state index contributed by atoms with van der Waals surface area (Å²) < 4.78 is 1.05. The minimum Gasteiger partial charge on any atom is -0.260 e. The van der Waals surface area contributed by atoms with Crippen molar-refractivity contribution in [2.24, 2.45) is 11.3 Å². The fourth-order valence-corrected chi connectivity index (χ4v) is 3.92. The van der Waals surface area contributed by atoms with Crippen LogP contribution in [-0.2, 0) is 6.42 Å². The summed E-state index contributed by atoms with van der Waals surface area (Å²) >= 11 is 9.78. The molecule has 3 heteroatoms. The lowest BCUT2D eigenvalue weighted by Gasteiger charge is -2.39. The van der Waals surface area contributed by atoms with Crippen molar-refractivity contribution >= 4 is 27.5 Å². The lowest BCUT2D eigenvalue weighted by Crippen LogP contribution is -2.32.